The summed E-state index contributed by atoms with van der Waals surface area (Å²) in [6.07, 6.45) is 3.11. The Morgan fingerprint density at radius 1 is 1.28 bits per heavy atom. The van der Waals surface area contributed by atoms with Crippen molar-refractivity contribution in [2.24, 2.45) is 0 Å². The molecule has 5 heteroatoms. The second kappa shape index (κ2) is 5.91. The van der Waals surface area contributed by atoms with Gasteiger partial charge in [-0.3, -0.25) is 4.79 Å². The highest BCUT2D eigenvalue weighted by Crippen LogP contribution is 2.23. The Kier molecular flexibility index (Phi) is 4.49. The fraction of sp³-hybridized carbons (Fsp3) is 0.462. The molecule has 98 valence electrons. The average Bonchev–Trinajstić information content (AvgIpc) is 2.32. The van der Waals surface area contributed by atoms with E-state index in [2.05, 4.69) is 5.32 Å². The average molecular weight is 288 g/mol. The largest absolute Gasteiger partial charge is 0.391 e. The van der Waals surface area contributed by atoms with Crippen LogP contribution in [0.3, 0.4) is 0 Å². The lowest BCUT2D eigenvalue weighted by Gasteiger charge is -2.28. The van der Waals surface area contributed by atoms with Crippen LogP contribution < -0.4 is 5.32 Å². The molecule has 0 aliphatic heterocycles. The molecule has 1 aromatic carbocycles. The lowest BCUT2D eigenvalue weighted by atomic mass is 9.92. The number of hydrogen-bond acceptors (Lipinski definition) is 2. The minimum atomic E-state index is -0.464. The fourth-order valence-corrected chi connectivity index (χ4v) is 2.69. The number of carbonyl (C=O) groups excluding carboxylic acids is 1. The number of aliphatic hydroxyl groups is 1. The molecule has 1 fully saturated rings. The summed E-state index contributed by atoms with van der Waals surface area (Å²) in [5, 5.41) is 13.5. The lowest BCUT2D eigenvalue weighted by molar-refractivity contribution is 0.0717. The van der Waals surface area contributed by atoms with Gasteiger partial charge >= 0.3 is 0 Å². The predicted octanol–water partition coefficient (Wildman–Crippen LogP) is 3.03. The van der Waals surface area contributed by atoms with Crippen molar-refractivity contribution in [2.75, 3.05) is 0 Å². The molecule has 0 bridgehead atoms. The van der Waals surface area contributed by atoms with Gasteiger partial charge in [0.15, 0.2) is 0 Å². The third-order valence-electron chi connectivity index (χ3n) is 3.22. The quantitative estimate of drug-likeness (QED) is 0.878. The second-order valence-corrected chi connectivity index (χ2v) is 5.40. The maximum Gasteiger partial charge on any atom is 0.253 e. The van der Waals surface area contributed by atoms with Crippen LogP contribution in [0.4, 0.5) is 0 Å². The molecular formula is C13H15Cl2NO2. The highest BCUT2D eigenvalue weighted by molar-refractivity contribution is 6.36. The van der Waals surface area contributed by atoms with E-state index in [1.807, 2.05) is 0 Å². The number of benzene rings is 1. The zero-order valence-electron chi connectivity index (χ0n) is 9.83. The van der Waals surface area contributed by atoms with Crippen molar-refractivity contribution < 1.29 is 9.90 Å². The van der Waals surface area contributed by atoms with Gasteiger partial charge in [-0.05, 0) is 31.0 Å². The lowest BCUT2D eigenvalue weighted by Crippen LogP contribution is -2.45. The second-order valence-electron chi connectivity index (χ2n) is 4.56. The van der Waals surface area contributed by atoms with Crippen molar-refractivity contribution in [1.29, 1.82) is 0 Å². The third kappa shape index (κ3) is 3.16. The molecule has 1 aliphatic carbocycles. The molecule has 0 spiro atoms. The molecule has 1 amide bonds. The number of aliphatic hydroxyl groups excluding tert-OH is 1. The van der Waals surface area contributed by atoms with Gasteiger partial charge in [-0.15, -0.1) is 0 Å². The Morgan fingerprint density at radius 2 is 2.00 bits per heavy atom. The van der Waals surface area contributed by atoms with Crippen molar-refractivity contribution in [3.63, 3.8) is 0 Å². The van der Waals surface area contributed by atoms with E-state index in [0.717, 1.165) is 25.7 Å². The number of nitrogens with one attached hydrogen (secondary N) is 1. The summed E-state index contributed by atoms with van der Waals surface area (Å²) in [5.74, 6) is -0.261. The van der Waals surface area contributed by atoms with Gasteiger partial charge in [0.05, 0.1) is 22.7 Å². The highest BCUT2D eigenvalue weighted by atomic mass is 35.5. The van der Waals surface area contributed by atoms with Crippen LogP contribution in [0, 0.1) is 0 Å². The molecule has 3 nitrogen and oxygen atoms in total. The number of hydrogen-bond donors (Lipinski definition) is 2. The van der Waals surface area contributed by atoms with E-state index in [4.69, 9.17) is 23.2 Å². The molecular weight excluding hydrogens is 273 g/mol. The van der Waals surface area contributed by atoms with Gasteiger partial charge in [0.1, 0.15) is 0 Å². The van der Waals surface area contributed by atoms with E-state index < -0.39 is 6.10 Å². The number of rotatable bonds is 2. The van der Waals surface area contributed by atoms with E-state index in [-0.39, 0.29) is 11.9 Å². The van der Waals surface area contributed by atoms with Crippen molar-refractivity contribution in [2.45, 2.75) is 37.8 Å². The molecule has 2 N–H and O–H groups in total. The number of carbonyl (C=O) groups is 1. The minimum absolute atomic E-state index is 0.182. The summed E-state index contributed by atoms with van der Waals surface area (Å²) >= 11 is 11.8. The standard InChI is InChI=1S/C13H15Cl2NO2/c14-8-5-6-9(10(15)7-8)13(18)16-11-3-1-2-4-12(11)17/h5-7,11-12,17H,1-4H2,(H,16,18)/t11-,12-/m1/s1. The summed E-state index contributed by atoms with van der Waals surface area (Å²) in [4.78, 5) is 12.0. The topological polar surface area (TPSA) is 49.3 Å². The van der Waals surface area contributed by atoms with Crippen molar-refractivity contribution in [3.05, 3.63) is 33.8 Å². The van der Waals surface area contributed by atoms with Gasteiger partial charge in [0.25, 0.3) is 5.91 Å². The molecule has 0 heterocycles. The Hall–Kier alpha value is -0.770. The van der Waals surface area contributed by atoms with E-state index in [0.29, 0.717) is 15.6 Å². The first-order valence-electron chi connectivity index (χ1n) is 6.02. The van der Waals surface area contributed by atoms with Crippen molar-refractivity contribution in [1.82, 2.24) is 5.32 Å². The van der Waals surface area contributed by atoms with Gasteiger partial charge in [0.2, 0.25) is 0 Å². The fourth-order valence-electron chi connectivity index (χ4n) is 2.20. The zero-order valence-corrected chi connectivity index (χ0v) is 11.3. The zero-order chi connectivity index (χ0) is 13.1. The SMILES string of the molecule is O=C(N[C@@H]1CCCC[C@H]1O)c1ccc(Cl)cc1Cl. The molecule has 1 saturated carbocycles. The summed E-state index contributed by atoms with van der Waals surface area (Å²) < 4.78 is 0. The first-order chi connectivity index (χ1) is 8.58. The first-order valence-corrected chi connectivity index (χ1v) is 6.77. The van der Waals surface area contributed by atoms with Crippen molar-refractivity contribution >= 4 is 29.1 Å². The first kappa shape index (κ1) is 13.7. The monoisotopic (exact) mass is 287 g/mol. The maximum absolute atomic E-state index is 12.0. The van der Waals surface area contributed by atoms with Crippen LogP contribution in [0.1, 0.15) is 36.0 Å². The molecule has 2 rings (SSSR count). The van der Waals surface area contributed by atoms with Gasteiger partial charge in [-0.2, -0.15) is 0 Å². The van der Waals surface area contributed by atoms with E-state index in [1.165, 1.54) is 6.07 Å². The smallest absolute Gasteiger partial charge is 0.253 e. The summed E-state index contributed by atoms with van der Waals surface area (Å²) in [7, 11) is 0. The van der Waals surface area contributed by atoms with Crippen LogP contribution >= 0.6 is 23.2 Å². The minimum Gasteiger partial charge on any atom is -0.391 e. The van der Waals surface area contributed by atoms with Crippen LogP contribution in [0.5, 0.6) is 0 Å². The molecule has 1 aliphatic rings. The third-order valence-corrected chi connectivity index (χ3v) is 3.77. The molecule has 0 radical (unpaired) electrons. The maximum atomic E-state index is 12.0. The van der Waals surface area contributed by atoms with Gasteiger partial charge < -0.3 is 10.4 Å². The highest BCUT2D eigenvalue weighted by Gasteiger charge is 2.25. The van der Waals surface area contributed by atoms with Crippen LogP contribution in [-0.2, 0) is 0 Å². The van der Waals surface area contributed by atoms with Crippen LogP contribution in [0.25, 0.3) is 0 Å². The number of halogens is 2. The summed E-state index contributed by atoms with van der Waals surface area (Å²) in [6.45, 7) is 0. The van der Waals surface area contributed by atoms with Crippen molar-refractivity contribution in [3.8, 4) is 0 Å². The van der Waals surface area contributed by atoms with E-state index >= 15 is 0 Å². The molecule has 0 saturated heterocycles. The predicted molar refractivity (Wildman–Crippen MR) is 72.2 cm³/mol. The Morgan fingerprint density at radius 3 is 2.67 bits per heavy atom. The van der Waals surface area contributed by atoms with Gasteiger partial charge in [-0.1, -0.05) is 36.0 Å². The van der Waals surface area contributed by atoms with Crippen LogP contribution in [0.15, 0.2) is 18.2 Å². The Balaban J connectivity index is 2.07. The summed E-state index contributed by atoms with van der Waals surface area (Å²) in [6, 6.07) is 4.57. The Bertz CT molecular complexity index is 451. The molecule has 2 atom stereocenters. The molecule has 18 heavy (non-hydrogen) atoms. The van der Waals surface area contributed by atoms with Gasteiger partial charge in [0, 0.05) is 5.02 Å². The van der Waals surface area contributed by atoms with Gasteiger partial charge in [-0.25, -0.2) is 0 Å². The van der Waals surface area contributed by atoms with Crippen LogP contribution in [-0.4, -0.2) is 23.2 Å². The van der Waals surface area contributed by atoms with E-state index in [1.54, 1.807) is 12.1 Å². The number of amides is 1. The molecule has 0 aromatic heterocycles. The van der Waals surface area contributed by atoms with Crippen LogP contribution in [0.2, 0.25) is 10.0 Å². The molecule has 0 unspecified atom stereocenters. The summed E-state index contributed by atoms with van der Waals surface area (Å²) in [5.41, 5.74) is 0.388. The Labute approximate surface area is 116 Å². The normalized spacial score (nSPS) is 23.7. The molecule has 1 aromatic rings. The van der Waals surface area contributed by atoms with E-state index in [9.17, 15) is 9.90 Å².